The van der Waals surface area contributed by atoms with Gasteiger partial charge in [0.15, 0.2) is 0 Å². The van der Waals surface area contributed by atoms with Crippen LogP contribution in [0.1, 0.15) is 24.8 Å². The van der Waals surface area contributed by atoms with Gasteiger partial charge in [-0.15, -0.1) is 0 Å². The zero-order valence-electron chi connectivity index (χ0n) is 11.5. The molecule has 7 heteroatoms. The van der Waals surface area contributed by atoms with Gasteiger partial charge in [0.2, 0.25) is 10.0 Å². The number of halogens is 1. The second-order valence-corrected chi connectivity index (χ2v) is 7.18. The van der Waals surface area contributed by atoms with Gasteiger partial charge in [0.1, 0.15) is 5.82 Å². The first-order chi connectivity index (χ1) is 9.87. The van der Waals surface area contributed by atoms with E-state index in [1.807, 2.05) is 0 Å². The predicted molar refractivity (Wildman–Crippen MR) is 75.5 cm³/mol. The molecule has 2 atom stereocenters. The van der Waals surface area contributed by atoms with Crippen molar-refractivity contribution in [3.05, 3.63) is 35.6 Å². The summed E-state index contributed by atoms with van der Waals surface area (Å²) in [7, 11) is -3.55. The molecule has 1 aromatic carbocycles. The monoisotopic (exact) mass is 315 g/mol. The fourth-order valence-electron chi connectivity index (χ4n) is 2.69. The Morgan fingerprint density at radius 2 is 1.95 bits per heavy atom. The summed E-state index contributed by atoms with van der Waals surface area (Å²) in [6.07, 6.45) is 2.12. The molecule has 0 heterocycles. The third-order valence-corrected chi connectivity index (χ3v) is 5.13. The highest BCUT2D eigenvalue weighted by Crippen LogP contribution is 2.31. The lowest BCUT2D eigenvalue weighted by atomic mass is 9.97. The molecule has 21 heavy (non-hydrogen) atoms. The Hall–Kier alpha value is -1.47. The number of sulfonamides is 1. The summed E-state index contributed by atoms with van der Waals surface area (Å²) in [5.74, 6) is -2.16. The fourth-order valence-corrected chi connectivity index (χ4v) is 3.89. The van der Waals surface area contributed by atoms with Crippen molar-refractivity contribution in [3.63, 3.8) is 0 Å². The van der Waals surface area contributed by atoms with E-state index < -0.39 is 27.7 Å². The Balaban J connectivity index is 1.92. The Bertz CT molecular complexity index is 600. The molecule has 2 unspecified atom stereocenters. The van der Waals surface area contributed by atoms with Gasteiger partial charge in [0.05, 0.1) is 11.7 Å². The van der Waals surface area contributed by atoms with Crippen LogP contribution in [-0.4, -0.2) is 26.0 Å². The molecule has 1 aromatic rings. The van der Waals surface area contributed by atoms with Crippen LogP contribution in [0.15, 0.2) is 24.3 Å². The number of carbonyl (C=O) groups is 1. The molecule has 0 bridgehead atoms. The maximum Gasteiger partial charge on any atom is 0.306 e. The topological polar surface area (TPSA) is 83.5 Å². The molecular weight excluding hydrogens is 297 g/mol. The van der Waals surface area contributed by atoms with E-state index in [9.17, 15) is 17.6 Å². The molecule has 1 saturated carbocycles. The van der Waals surface area contributed by atoms with Crippen molar-refractivity contribution in [3.8, 4) is 0 Å². The van der Waals surface area contributed by atoms with Gasteiger partial charge in [-0.1, -0.05) is 18.6 Å². The number of aliphatic carboxylic acids is 1. The average Bonchev–Trinajstić information content (AvgIpc) is 2.88. The van der Waals surface area contributed by atoms with E-state index in [1.165, 1.54) is 24.3 Å². The van der Waals surface area contributed by atoms with E-state index in [-0.39, 0.29) is 18.2 Å². The Morgan fingerprint density at radius 1 is 1.29 bits per heavy atom. The highest BCUT2D eigenvalue weighted by Gasteiger charge is 2.33. The maximum atomic E-state index is 12.8. The number of hydrogen-bond acceptors (Lipinski definition) is 3. The van der Waals surface area contributed by atoms with Crippen molar-refractivity contribution in [2.45, 2.75) is 25.0 Å². The van der Waals surface area contributed by atoms with E-state index in [2.05, 4.69) is 4.72 Å². The largest absolute Gasteiger partial charge is 0.481 e. The Kier molecular flexibility index (Phi) is 4.95. The predicted octanol–water partition coefficient (Wildman–Crippen LogP) is 1.75. The molecule has 1 fully saturated rings. The van der Waals surface area contributed by atoms with E-state index in [1.54, 1.807) is 0 Å². The SMILES string of the molecule is O=C(O)C1CCCC1CNS(=O)(=O)Cc1ccc(F)cc1. The molecule has 0 amide bonds. The summed E-state index contributed by atoms with van der Waals surface area (Å²) >= 11 is 0. The molecule has 2 rings (SSSR count). The normalized spacial score (nSPS) is 22.3. The van der Waals surface area contributed by atoms with E-state index in [0.29, 0.717) is 12.0 Å². The summed E-state index contributed by atoms with van der Waals surface area (Å²) in [5.41, 5.74) is 0.491. The maximum absolute atomic E-state index is 12.8. The lowest BCUT2D eigenvalue weighted by molar-refractivity contribution is -0.142. The van der Waals surface area contributed by atoms with Gasteiger partial charge in [0, 0.05) is 6.54 Å². The third-order valence-electron chi connectivity index (χ3n) is 3.81. The molecule has 0 radical (unpaired) electrons. The van der Waals surface area contributed by atoms with Crippen LogP contribution < -0.4 is 4.72 Å². The van der Waals surface area contributed by atoms with Crippen LogP contribution in [0.25, 0.3) is 0 Å². The second kappa shape index (κ2) is 6.53. The molecule has 0 saturated heterocycles. The van der Waals surface area contributed by atoms with Gasteiger partial charge < -0.3 is 5.11 Å². The number of rotatable bonds is 6. The van der Waals surface area contributed by atoms with Gasteiger partial charge in [-0.2, -0.15) is 0 Å². The van der Waals surface area contributed by atoms with Crippen LogP contribution in [0.4, 0.5) is 4.39 Å². The summed E-state index contributed by atoms with van der Waals surface area (Å²) in [6, 6.07) is 5.26. The Labute approximate surface area is 123 Å². The molecular formula is C14H18FNO4S. The first-order valence-electron chi connectivity index (χ1n) is 6.82. The number of hydrogen-bond donors (Lipinski definition) is 2. The number of benzene rings is 1. The molecule has 116 valence electrons. The van der Waals surface area contributed by atoms with Crippen molar-refractivity contribution >= 4 is 16.0 Å². The molecule has 0 aromatic heterocycles. The van der Waals surface area contributed by atoms with Gasteiger partial charge in [-0.05, 0) is 36.5 Å². The van der Waals surface area contributed by atoms with Crippen molar-refractivity contribution in [1.82, 2.24) is 4.72 Å². The lowest BCUT2D eigenvalue weighted by Crippen LogP contribution is -2.33. The molecule has 5 nitrogen and oxygen atoms in total. The number of nitrogens with one attached hydrogen (secondary N) is 1. The minimum absolute atomic E-state index is 0.139. The smallest absolute Gasteiger partial charge is 0.306 e. The van der Waals surface area contributed by atoms with E-state index >= 15 is 0 Å². The Morgan fingerprint density at radius 3 is 2.57 bits per heavy atom. The van der Waals surface area contributed by atoms with Gasteiger partial charge in [0.25, 0.3) is 0 Å². The third kappa shape index (κ3) is 4.50. The van der Waals surface area contributed by atoms with Crippen LogP contribution in [0.5, 0.6) is 0 Å². The van der Waals surface area contributed by atoms with Crippen molar-refractivity contribution < 1.29 is 22.7 Å². The molecule has 2 N–H and O–H groups in total. The quantitative estimate of drug-likeness (QED) is 0.837. The second-order valence-electron chi connectivity index (χ2n) is 5.37. The van der Waals surface area contributed by atoms with Crippen LogP contribution in [0, 0.1) is 17.7 Å². The van der Waals surface area contributed by atoms with Crippen LogP contribution in [0.3, 0.4) is 0 Å². The number of carboxylic acid groups (broad SMARTS) is 1. The van der Waals surface area contributed by atoms with E-state index in [0.717, 1.165) is 12.8 Å². The summed E-state index contributed by atoms with van der Waals surface area (Å²) in [6.45, 7) is 0.139. The van der Waals surface area contributed by atoms with Crippen LogP contribution in [-0.2, 0) is 20.6 Å². The standard InChI is InChI=1S/C14H18FNO4S/c15-12-6-4-10(5-7-12)9-21(19,20)16-8-11-2-1-3-13(11)14(17)18/h4-7,11,13,16H,1-3,8-9H2,(H,17,18). The van der Waals surface area contributed by atoms with Crippen molar-refractivity contribution in [2.24, 2.45) is 11.8 Å². The molecule has 1 aliphatic rings. The summed E-state index contributed by atoms with van der Waals surface area (Å²) < 4.78 is 39.2. The highest BCUT2D eigenvalue weighted by atomic mass is 32.2. The van der Waals surface area contributed by atoms with Crippen LogP contribution >= 0.6 is 0 Å². The lowest BCUT2D eigenvalue weighted by Gasteiger charge is -2.16. The van der Waals surface area contributed by atoms with Crippen molar-refractivity contribution in [1.29, 1.82) is 0 Å². The minimum atomic E-state index is -3.55. The van der Waals surface area contributed by atoms with Gasteiger partial charge in [-0.25, -0.2) is 17.5 Å². The molecule has 0 aliphatic heterocycles. The zero-order chi connectivity index (χ0) is 15.5. The van der Waals surface area contributed by atoms with Gasteiger partial charge in [-0.3, -0.25) is 4.79 Å². The first kappa shape index (κ1) is 15.9. The van der Waals surface area contributed by atoms with Crippen LogP contribution in [0.2, 0.25) is 0 Å². The summed E-state index contributed by atoms with van der Waals surface area (Å²) in [4.78, 5) is 11.0. The number of carboxylic acids is 1. The summed E-state index contributed by atoms with van der Waals surface area (Å²) in [5, 5.41) is 9.06. The highest BCUT2D eigenvalue weighted by molar-refractivity contribution is 7.88. The van der Waals surface area contributed by atoms with E-state index in [4.69, 9.17) is 5.11 Å². The van der Waals surface area contributed by atoms with Gasteiger partial charge >= 0.3 is 5.97 Å². The zero-order valence-corrected chi connectivity index (χ0v) is 12.3. The molecule has 0 spiro atoms. The first-order valence-corrected chi connectivity index (χ1v) is 8.47. The average molecular weight is 315 g/mol. The molecule has 1 aliphatic carbocycles. The minimum Gasteiger partial charge on any atom is -0.481 e. The fraction of sp³-hybridized carbons (Fsp3) is 0.500. The van der Waals surface area contributed by atoms with Crippen molar-refractivity contribution in [2.75, 3.05) is 6.54 Å².